The van der Waals surface area contributed by atoms with E-state index in [-0.39, 0.29) is 12.2 Å². The summed E-state index contributed by atoms with van der Waals surface area (Å²) in [5.74, 6) is 0. The average Bonchev–Trinajstić information content (AvgIpc) is 3.41. The molecule has 0 saturated heterocycles. The molecule has 2 heterocycles. The number of hydrogen-bond acceptors (Lipinski definition) is 6. The smallest absolute Gasteiger partial charge is 0.407 e. The zero-order valence-corrected chi connectivity index (χ0v) is 20.0. The van der Waals surface area contributed by atoms with Crippen LogP contribution < -0.4 is 15.8 Å². The van der Waals surface area contributed by atoms with Crippen molar-refractivity contribution in [1.29, 1.82) is 0 Å². The number of nitrogens with zero attached hydrogens (tertiary/aromatic N) is 2. The van der Waals surface area contributed by atoms with Gasteiger partial charge in [-0.05, 0) is 61.6 Å². The summed E-state index contributed by atoms with van der Waals surface area (Å²) in [6, 6.07) is 15.3. The van der Waals surface area contributed by atoms with Crippen LogP contribution in [0, 0.1) is 0 Å². The number of amides is 1. The molecule has 0 fully saturated rings. The van der Waals surface area contributed by atoms with Crippen molar-refractivity contribution < 1.29 is 13.9 Å². The first kappa shape index (κ1) is 24.1. The van der Waals surface area contributed by atoms with Crippen molar-refractivity contribution in [1.82, 2.24) is 15.3 Å². The molecule has 0 bridgehead atoms. The second-order valence-electron chi connectivity index (χ2n) is 8.20. The van der Waals surface area contributed by atoms with Gasteiger partial charge in [-0.1, -0.05) is 18.2 Å². The van der Waals surface area contributed by atoms with Crippen LogP contribution >= 0.6 is 0 Å². The summed E-state index contributed by atoms with van der Waals surface area (Å²) in [6.07, 6.45) is 4.11. The summed E-state index contributed by atoms with van der Waals surface area (Å²) in [5.41, 5.74) is 4.99. The van der Waals surface area contributed by atoms with E-state index in [1.807, 2.05) is 42.5 Å². The van der Waals surface area contributed by atoms with Crippen LogP contribution in [0.25, 0.3) is 22.2 Å². The van der Waals surface area contributed by atoms with Crippen LogP contribution in [0.15, 0.2) is 70.3 Å². The Morgan fingerprint density at radius 2 is 2.00 bits per heavy atom. The second kappa shape index (κ2) is 11.4. The lowest BCUT2D eigenvalue weighted by Crippen LogP contribution is -2.24. The van der Waals surface area contributed by atoms with Gasteiger partial charge in [-0.25, -0.2) is 14.6 Å². The van der Waals surface area contributed by atoms with E-state index in [1.54, 1.807) is 12.5 Å². The lowest BCUT2D eigenvalue weighted by Gasteiger charge is -2.21. The number of benzene rings is 2. The zero-order valence-electron chi connectivity index (χ0n) is 20.0. The highest BCUT2D eigenvalue weighted by molar-refractivity contribution is 5.83. The maximum atomic E-state index is 12.1. The molecule has 0 atom stereocenters. The number of fused-ring (bicyclic) bond motifs is 1. The van der Waals surface area contributed by atoms with E-state index < -0.39 is 6.09 Å². The number of imidazole rings is 1. The van der Waals surface area contributed by atoms with E-state index in [1.165, 1.54) is 6.07 Å². The van der Waals surface area contributed by atoms with Crippen molar-refractivity contribution in [3.8, 4) is 11.3 Å². The van der Waals surface area contributed by atoms with E-state index >= 15 is 0 Å². The lowest BCUT2D eigenvalue weighted by atomic mass is 10.0. The van der Waals surface area contributed by atoms with Crippen molar-refractivity contribution in [3.05, 3.63) is 82.6 Å². The van der Waals surface area contributed by atoms with Gasteiger partial charge in [0.1, 0.15) is 5.58 Å². The minimum absolute atomic E-state index is 0.249. The SMILES string of the molecule is CCN(CC)c1ccc2c(CCCOC(=O)NCc3cccc(-c4cnc[nH]4)c3)cc(=O)oc2c1. The Morgan fingerprint density at radius 3 is 2.77 bits per heavy atom. The predicted molar refractivity (Wildman–Crippen MR) is 137 cm³/mol. The van der Waals surface area contributed by atoms with Crippen LogP contribution in [0.5, 0.6) is 0 Å². The van der Waals surface area contributed by atoms with Gasteiger partial charge in [-0.3, -0.25) is 0 Å². The third-order valence-corrected chi connectivity index (χ3v) is 5.94. The average molecular weight is 475 g/mol. The van der Waals surface area contributed by atoms with Gasteiger partial charge >= 0.3 is 11.7 Å². The van der Waals surface area contributed by atoms with Crippen LogP contribution in [0.3, 0.4) is 0 Å². The molecule has 4 rings (SSSR count). The minimum atomic E-state index is -0.474. The monoisotopic (exact) mass is 474 g/mol. The van der Waals surface area contributed by atoms with Gasteiger partial charge < -0.3 is 24.4 Å². The highest BCUT2D eigenvalue weighted by Crippen LogP contribution is 2.24. The summed E-state index contributed by atoms with van der Waals surface area (Å²) in [7, 11) is 0. The molecule has 0 unspecified atom stereocenters. The maximum Gasteiger partial charge on any atom is 0.407 e. The third-order valence-electron chi connectivity index (χ3n) is 5.94. The molecule has 8 nitrogen and oxygen atoms in total. The molecule has 2 aromatic carbocycles. The fraction of sp³-hybridized carbons (Fsp3) is 0.296. The van der Waals surface area contributed by atoms with Crippen molar-refractivity contribution in [2.45, 2.75) is 33.2 Å². The molecule has 182 valence electrons. The van der Waals surface area contributed by atoms with Gasteiger partial charge in [-0.15, -0.1) is 0 Å². The number of carbonyl (C=O) groups is 1. The largest absolute Gasteiger partial charge is 0.450 e. The number of rotatable bonds is 10. The van der Waals surface area contributed by atoms with E-state index in [2.05, 4.69) is 34.0 Å². The van der Waals surface area contributed by atoms with Gasteiger partial charge in [0.2, 0.25) is 0 Å². The Morgan fingerprint density at radius 1 is 1.14 bits per heavy atom. The number of aromatic amines is 1. The number of ether oxygens (including phenoxy) is 1. The van der Waals surface area contributed by atoms with E-state index in [4.69, 9.17) is 9.15 Å². The normalized spacial score (nSPS) is 10.9. The van der Waals surface area contributed by atoms with Crippen LogP contribution in [-0.4, -0.2) is 35.8 Å². The minimum Gasteiger partial charge on any atom is -0.450 e. The number of nitrogens with one attached hydrogen (secondary N) is 2. The Hall–Kier alpha value is -4.07. The first-order valence-corrected chi connectivity index (χ1v) is 11.9. The molecule has 2 N–H and O–H groups in total. The molecular weight excluding hydrogens is 444 g/mol. The van der Waals surface area contributed by atoms with Crippen molar-refractivity contribution in [2.24, 2.45) is 0 Å². The molecule has 1 amide bonds. The fourth-order valence-electron chi connectivity index (χ4n) is 4.13. The molecular formula is C27H30N4O4. The van der Waals surface area contributed by atoms with E-state index in [9.17, 15) is 9.59 Å². The Labute approximate surface area is 203 Å². The van der Waals surface area contributed by atoms with E-state index in [0.29, 0.717) is 25.0 Å². The molecule has 0 radical (unpaired) electrons. The molecule has 0 aliphatic carbocycles. The van der Waals surface area contributed by atoms with Gasteiger partial charge in [-0.2, -0.15) is 0 Å². The first-order chi connectivity index (χ1) is 17.1. The number of carbonyl (C=O) groups excluding carboxylic acids is 1. The molecule has 0 spiro atoms. The van der Waals surface area contributed by atoms with Crippen molar-refractivity contribution in [2.75, 3.05) is 24.6 Å². The number of alkyl carbamates (subject to hydrolysis) is 1. The number of hydrogen-bond donors (Lipinski definition) is 2. The Balaban J connectivity index is 1.29. The van der Waals surface area contributed by atoms with Gasteiger partial charge in [0.25, 0.3) is 0 Å². The van der Waals surface area contributed by atoms with Crippen molar-refractivity contribution in [3.63, 3.8) is 0 Å². The fourth-order valence-corrected chi connectivity index (χ4v) is 4.13. The van der Waals surface area contributed by atoms with Gasteiger partial charge in [0.15, 0.2) is 0 Å². The summed E-state index contributed by atoms with van der Waals surface area (Å²) >= 11 is 0. The highest BCUT2D eigenvalue weighted by Gasteiger charge is 2.10. The van der Waals surface area contributed by atoms with Crippen molar-refractivity contribution >= 4 is 22.7 Å². The number of anilines is 1. The van der Waals surface area contributed by atoms with Crippen LogP contribution in [0.4, 0.5) is 10.5 Å². The highest BCUT2D eigenvalue weighted by atomic mass is 16.5. The predicted octanol–water partition coefficient (Wildman–Crippen LogP) is 4.89. The summed E-state index contributed by atoms with van der Waals surface area (Å²) in [6.45, 7) is 6.55. The molecule has 0 aliphatic rings. The molecule has 8 heteroatoms. The maximum absolute atomic E-state index is 12.1. The second-order valence-corrected chi connectivity index (χ2v) is 8.20. The van der Waals surface area contributed by atoms with Gasteiger partial charge in [0, 0.05) is 42.8 Å². The summed E-state index contributed by atoms with van der Waals surface area (Å²) in [5, 5.41) is 3.68. The van der Waals surface area contributed by atoms with Gasteiger partial charge in [0.05, 0.1) is 24.8 Å². The van der Waals surface area contributed by atoms with Crippen LogP contribution in [0.1, 0.15) is 31.4 Å². The zero-order chi connectivity index (χ0) is 24.6. The van der Waals surface area contributed by atoms with Crippen LogP contribution in [-0.2, 0) is 17.7 Å². The standard InChI is InChI=1S/C27H30N4O4/c1-3-31(4-2)22-10-11-23-20(14-26(32)35-25(23)15-22)9-6-12-34-27(33)29-16-19-7-5-8-21(13-19)24-17-28-18-30-24/h5,7-8,10-11,13-15,17-18H,3-4,6,9,12,16H2,1-2H3,(H,28,30)(H,29,33). The topological polar surface area (TPSA) is 100 Å². The first-order valence-electron chi connectivity index (χ1n) is 11.9. The third kappa shape index (κ3) is 6.09. The molecule has 0 saturated carbocycles. The quantitative estimate of drug-likeness (QED) is 0.251. The molecule has 0 aliphatic heterocycles. The van der Waals surface area contributed by atoms with Crippen LogP contribution in [0.2, 0.25) is 0 Å². The number of H-pyrrole nitrogens is 1. The Kier molecular flexibility index (Phi) is 7.82. The molecule has 2 aromatic heterocycles. The van der Waals surface area contributed by atoms with E-state index in [0.717, 1.165) is 46.5 Å². The lowest BCUT2D eigenvalue weighted by molar-refractivity contribution is 0.144. The molecule has 35 heavy (non-hydrogen) atoms. The number of aromatic nitrogens is 2. The summed E-state index contributed by atoms with van der Waals surface area (Å²) in [4.78, 5) is 33.6. The summed E-state index contributed by atoms with van der Waals surface area (Å²) < 4.78 is 10.8. The number of aryl methyl sites for hydroxylation is 1. The Bertz CT molecular complexity index is 1330. The molecule has 4 aromatic rings.